The molecule has 0 saturated carbocycles. The van der Waals surface area contributed by atoms with E-state index < -0.39 is 0 Å². The van der Waals surface area contributed by atoms with E-state index >= 15 is 0 Å². The average Bonchev–Trinajstić information content (AvgIpc) is 1.96. The largest absolute Gasteiger partial charge is 0.300 e. The molecular formula is C10H18O. The molecule has 0 aromatic carbocycles. The van der Waals surface area contributed by atoms with Crippen LogP contribution in [-0.2, 0) is 4.79 Å². The summed E-state index contributed by atoms with van der Waals surface area (Å²) in [6, 6.07) is 0. The van der Waals surface area contributed by atoms with Gasteiger partial charge in [-0.3, -0.25) is 4.79 Å². The Morgan fingerprint density at radius 2 is 2.00 bits per heavy atom. The van der Waals surface area contributed by atoms with Gasteiger partial charge in [0.05, 0.1) is 0 Å². The van der Waals surface area contributed by atoms with Crippen molar-refractivity contribution in [3.63, 3.8) is 0 Å². The predicted molar refractivity (Wildman–Crippen MR) is 48.6 cm³/mol. The van der Waals surface area contributed by atoms with Gasteiger partial charge < -0.3 is 0 Å². The van der Waals surface area contributed by atoms with E-state index in [0.29, 0.717) is 6.42 Å². The highest BCUT2D eigenvalue weighted by Crippen LogP contribution is 1.99. The van der Waals surface area contributed by atoms with E-state index in [-0.39, 0.29) is 5.78 Å². The van der Waals surface area contributed by atoms with Crippen molar-refractivity contribution in [2.45, 2.75) is 46.0 Å². The van der Waals surface area contributed by atoms with Gasteiger partial charge in [-0.25, -0.2) is 0 Å². The van der Waals surface area contributed by atoms with Crippen molar-refractivity contribution in [1.29, 1.82) is 0 Å². The van der Waals surface area contributed by atoms with Crippen LogP contribution in [-0.4, -0.2) is 5.78 Å². The summed E-state index contributed by atoms with van der Waals surface area (Å²) >= 11 is 0. The highest BCUT2D eigenvalue weighted by molar-refractivity contribution is 5.76. The number of hydrogen-bond acceptors (Lipinski definition) is 1. The summed E-state index contributed by atoms with van der Waals surface area (Å²) in [5.74, 6) is 0.247. The van der Waals surface area contributed by atoms with Gasteiger partial charge in [0.2, 0.25) is 0 Å². The number of ketones is 1. The molecule has 0 aromatic heterocycles. The summed E-state index contributed by atoms with van der Waals surface area (Å²) in [4.78, 5) is 10.5. The van der Waals surface area contributed by atoms with E-state index in [1.807, 2.05) is 6.08 Å². The van der Waals surface area contributed by atoms with Crippen molar-refractivity contribution < 1.29 is 4.79 Å². The summed E-state index contributed by atoms with van der Waals surface area (Å²) < 4.78 is 0. The maximum Gasteiger partial charge on any atom is 0.133 e. The number of rotatable bonds is 6. The molecule has 0 aliphatic carbocycles. The quantitative estimate of drug-likeness (QED) is 0.424. The zero-order valence-corrected chi connectivity index (χ0v) is 7.60. The number of carbonyl (C=O) groups excluding carboxylic acids is 1. The molecule has 0 heterocycles. The highest BCUT2D eigenvalue weighted by Gasteiger charge is 1.85. The molecule has 0 saturated heterocycles. The molecule has 0 spiro atoms. The molecular weight excluding hydrogens is 136 g/mol. The number of allylic oxidation sites excluding steroid dienone is 2. The van der Waals surface area contributed by atoms with Gasteiger partial charge in [0.1, 0.15) is 5.78 Å². The fraction of sp³-hybridized carbons (Fsp3) is 0.700. The van der Waals surface area contributed by atoms with Crippen molar-refractivity contribution in [2.24, 2.45) is 0 Å². The molecule has 0 aliphatic rings. The van der Waals surface area contributed by atoms with Crippen LogP contribution in [0.4, 0.5) is 0 Å². The molecule has 0 radical (unpaired) electrons. The Bertz CT molecular complexity index is 125. The van der Waals surface area contributed by atoms with Crippen LogP contribution in [0, 0.1) is 0 Å². The summed E-state index contributed by atoms with van der Waals surface area (Å²) in [7, 11) is 0. The van der Waals surface area contributed by atoms with Crippen LogP contribution in [0.2, 0.25) is 0 Å². The topological polar surface area (TPSA) is 17.1 Å². The van der Waals surface area contributed by atoms with Crippen LogP contribution in [0.25, 0.3) is 0 Å². The number of Topliss-reactive ketones (excluding diaryl/α,β-unsaturated/α-hetero) is 1. The first-order valence-corrected chi connectivity index (χ1v) is 4.41. The fourth-order valence-corrected chi connectivity index (χ4v) is 0.879. The van der Waals surface area contributed by atoms with Crippen LogP contribution in [0.1, 0.15) is 46.0 Å². The Kier molecular flexibility index (Phi) is 7.11. The molecule has 0 bridgehead atoms. The third-order valence-electron chi connectivity index (χ3n) is 1.55. The van der Waals surface area contributed by atoms with E-state index in [1.165, 1.54) is 19.3 Å². The Morgan fingerprint density at radius 1 is 1.27 bits per heavy atom. The van der Waals surface area contributed by atoms with Gasteiger partial charge >= 0.3 is 0 Å². The second-order valence-corrected chi connectivity index (χ2v) is 2.87. The number of unbranched alkanes of at least 4 members (excludes halogenated alkanes) is 3. The van der Waals surface area contributed by atoms with Crippen LogP contribution in [0.15, 0.2) is 12.2 Å². The molecule has 11 heavy (non-hydrogen) atoms. The minimum absolute atomic E-state index is 0.247. The molecule has 0 atom stereocenters. The molecule has 0 rings (SSSR count). The zero-order valence-electron chi connectivity index (χ0n) is 7.60. The third-order valence-corrected chi connectivity index (χ3v) is 1.55. The molecule has 1 heteroatoms. The zero-order chi connectivity index (χ0) is 8.53. The molecule has 64 valence electrons. The fourth-order valence-electron chi connectivity index (χ4n) is 0.879. The highest BCUT2D eigenvalue weighted by atomic mass is 16.1. The molecule has 0 amide bonds. The predicted octanol–water partition coefficient (Wildman–Crippen LogP) is 3.10. The second kappa shape index (κ2) is 7.52. The van der Waals surface area contributed by atoms with Gasteiger partial charge in [-0.1, -0.05) is 31.9 Å². The van der Waals surface area contributed by atoms with Crippen molar-refractivity contribution in [3.05, 3.63) is 12.2 Å². The molecule has 0 fully saturated rings. The monoisotopic (exact) mass is 154 g/mol. The van der Waals surface area contributed by atoms with Crippen molar-refractivity contribution in [1.82, 2.24) is 0 Å². The van der Waals surface area contributed by atoms with E-state index in [9.17, 15) is 4.79 Å². The molecule has 1 nitrogen and oxygen atoms in total. The van der Waals surface area contributed by atoms with E-state index in [2.05, 4.69) is 13.0 Å². The Hall–Kier alpha value is -0.590. The number of hydrogen-bond donors (Lipinski definition) is 0. The van der Waals surface area contributed by atoms with Gasteiger partial charge in [-0.15, -0.1) is 0 Å². The van der Waals surface area contributed by atoms with Gasteiger partial charge in [0.15, 0.2) is 0 Å². The maximum atomic E-state index is 10.5. The lowest BCUT2D eigenvalue weighted by Crippen LogP contribution is -1.83. The van der Waals surface area contributed by atoms with Crippen LogP contribution in [0.3, 0.4) is 0 Å². The normalized spacial score (nSPS) is 10.7. The molecule has 0 aliphatic heterocycles. The summed E-state index contributed by atoms with van der Waals surface area (Å²) in [6.45, 7) is 3.82. The Balaban J connectivity index is 3.10. The van der Waals surface area contributed by atoms with Gasteiger partial charge in [0, 0.05) is 6.42 Å². The van der Waals surface area contributed by atoms with Gasteiger partial charge in [-0.05, 0) is 19.8 Å². The van der Waals surface area contributed by atoms with Crippen LogP contribution < -0.4 is 0 Å². The summed E-state index contributed by atoms with van der Waals surface area (Å²) in [5, 5.41) is 0. The lowest BCUT2D eigenvalue weighted by Gasteiger charge is -1.90. The van der Waals surface area contributed by atoms with Gasteiger partial charge in [0.25, 0.3) is 0 Å². The lowest BCUT2D eigenvalue weighted by molar-refractivity contribution is -0.116. The Labute approximate surface area is 69.5 Å². The lowest BCUT2D eigenvalue weighted by atomic mass is 10.2. The van der Waals surface area contributed by atoms with Crippen LogP contribution in [0.5, 0.6) is 0 Å². The average molecular weight is 154 g/mol. The molecule has 0 N–H and O–H groups in total. The first kappa shape index (κ1) is 10.4. The minimum Gasteiger partial charge on any atom is -0.300 e. The second-order valence-electron chi connectivity index (χ2n) is 2.87. The maximum absolute atomic E-state index is 10.5. The smallest absolute Gasteiger partial charge is 0.133 e. The van der Waals surface area contributed by atoms with Crippen molar-refractivity contribution in [3.8, 4) is 0 Å². The molecule has 0 aromatic rings. The standard InChI is InChI=1S/C10H18O/c1-3-4-5-6-7-8-9-10(2)11/h7-8H,3-6,9H2,1-2H3. The SMILES string of the molecule is CCCCCC=CCC(C)=O. The van der Waals surface area contributed by atoms with E-state index in [4.69, 9.17) is 0 Å². The molecule has 0 unspecified atom stereocenters. The van der Waals surface area contributed by atoms with E-state index in [0.717, 1.165) is 6.42 Å². The van der Waals surface area contributed by atoms with Crippen molar-refractivity contribution >= 4 is 5.78 Å². The summed E-state index contributed by atoms with van der Waals surface area (Å²) in [6.07, 6.45) is 9.62. The first-order valence-electron chi connectivity index (χ1n) is 4.41. The summed E-state index contributed by atoms with van der Waals surface area (Å²) in [5.41, 5.74) is 0. The van der Waals surface area contributed by atoms with E-state index in [1.54, 1.807) is 6.92 Å². The first-order chi connectivity index (χ1) is 5.27. The minimum atomic E-state index is 0.247. The number of carbonyl (C=O) groups is 1. The van der Waals surface area contributed by atoms with Crippen LogP contribution >= 0.6 is 0 Å². The van der Waals surface area contributed by atoms with Gasteiger partial charge in [-0.2, -0.15) is 0 Å². The third kappa shape index (κ3) is 9.41. The van der Waals surface area contributed by atoms with Crippen molar-refractivity contribution in [2.75, 3.05) is 0 Å². The Morgan fingerprint density at radius 3 is 2.55 bits per heavy atom.